The standard InChI is InChI=1S/C12H14ClFSe/c1-3-11(14)12(4-2)15-10-7-5-9(13)6-8-10/h5-8H,3-4H2,1-2H3/b12-11+. The minimum absolute atomic E-state index is 0.0486. The van der Waals surface area contributed by atoms with E-state index in [2.05, 4.69) is 0 Å². The average molecular weight is 292 g/mol. The fraction of sp³-hybridized carbons (Fsp3) is 0.333. The Kier molecular flexibility index (Phi) is 5.38. The Labute approximate surface area is 102 Å². The average Bonchev–Trinajstić information content (AvgIpc) is 2.27. The zero-order valence-corrected chi connectivity index (χ0v) is 11.4. The Hall–Kier alpha value is -0.301. The van der Waals surface area contributed by atoms with Crippen molar-refractivity contribution in [3.63, 3.8) is 0 Å². The molecule has 0 bridgehead atoms. The number of hydrogen-bond acceptors (Lipinski definition) is 0. The summed E-state index contributed by atoms with van der Waals surface area (Å²) in [6.07, 6.45) is 1.29. The summed E-state index contributed by atoms with van der Waals surface area (Å²) in [4.78, 5) is 0. The van der Waals surface area contributed by atoms with E-state index in [0.717, 1.165) is 15.9 Å². The van der Waals surface area contributed by atoms with Gasteiger partial charge in [-0.25, -0.2) is 0 Å². The second kappa shape index (κ2) is 6.32. The Morgan fingerprint density at radius 3 is 2.27 bits per heavy atom. The van der Waals surface area contributed by atoms with Gasteiger partial charge in [-0.05, 0) is 0 Å². The van der Waals surface area contributed by atoms with Crippen LogP contribution in [0.3, 0.4) is 0 Å². The fourth-order valence-corrected chi connectivity index (χ4v) is 3.29. The van der Waals surface area contributed by atoms with Crippen LogP contribution in [0, 0.1) is 0 Å². The van der Waals surface area contributed by atoms with Crippen LogP contribution in [0.15, 0.2) is 34.6 Å². The van der Waals surface area contributed by atoms with Crippen molar-refractivity contribution in [1.29, 1.82) is 0 Å². The summed E-state index contributed by atoms with van der Waals surface area (Å²) in [5.41, 5.74) is 0. The molecule has 0 N–H and O–H groups in total. The number of hydrogen-bond donors (Lipinski definition) is 0. The molecule has 0 nitrogen and oxygen atoms in total. The van der Waals surface area contributed by atoms with Crippen LogP contribution in [0.4, 0.5) is 4.39 Å². The van der Waals surface area contributed by atoms with Crippen molar-refractivity contribution in [2.24, 2.45) is 0 Å². The predicted molar refractivity (Wildman–Crippen MR) is 65.6 cm³/mol. The first-order valence-corrected chi connectivity index (χ1v) is 7.07. The van der Waals surface area contributed by atoms with Crippen molar-refractivity contribution < 1.29 is 4.39 Å². The van der Waals surface area contributed by atoms with E-state index < -0.39 is 0 Å². The van der Waals surface area contributed by atoms with E-state index in [4.69, 9.17) is 11.6 Å². The van der Waals surface area contributed by atoms with Gasteiger partial charge in [0, 0.05) is 0 Å². The Balaban J connectivity index is 2.80. The van der Waals surface area contributed by atoms with Gasteiger partial charge in [-0.1, -0.05) is 0 Å². The van der Waals surface area contributed by atoms with Crippen LogP contribution in [-0.4, -0.2) is 15.0 Å². The van der Waals surface area contributed by atoms with Gasteiger partial charge in [-0.3, -0.25) is 0 Å². The van der Waals surface area contributed by atoms with Crippen molar-refractivity contribution >= 4 is 31.0 Å². The van der Waals surface area contributed by atoms with Gasteiger partial charge in [0.25, 0.3) is 0 Å². The molecular formula is C12H14ClFSe. The molecule has 0 aliphatic carbocycles. The number of allylic oxidation sites excluding steroid dienone is 2. The van der Waals surface area contributed by atoms with Crippen molar-refractivity contribution in [2.75, 3.05) is 0 Å². The fourth-order valence-electron chi connectivity index (χ4n) is 1.16. The molecule has 0 fully saturated rings. The van der Waals surface area contributed by atoms with Crippen molar-refractivity contribution in [3.8, 4) is 0 Å². The van der Waals surface area contributed by atoms with Gasteiger partial charge in [0.1, 0.15) is 0 Å². The van der Waals surface area contributed by atoms with Crippen molar-refractivity contribution in [2.45, 2.75) is 26.7 Å². The topological polar surface area (TPSA) is 0 Å². The predicted octanol–water partition coefficient (Wildman–Crippen LogP) is 3.67. The van der Waals surface area contributed by atoms with Gasteiger partial charge in [0.2, 0.25) is 0 Å². The van der Waals surface area contributed by atoms with E-state index in [1.165, 1.54) is 4.46 Å². The van der Waals surface area contributed by atoms with Gasteiger partial charge in [0.15, 0.2) is 0 Å². The Morgan fingerprint density at radius 2 is 1.80 bits per heavy atom. The first-order valence-electron chi connectivity index (χ1n) is 4.98. The van der Waals surface area contributed by atoms with E-state index in [-0.39, 0.29) is 20.8 Å². The third-order valence-electron chi connectivity index (χ3n) is 1.99. The molecule has 0 unspecified atom stereocenters. The summed E-state index contributed by atoms with van der Waals surface area (Å²) in [5.74, 6) is 0.0486. The molecule has 0 saturated heterocycles. The summed E-state index contributed by atoms with van der Waals surface area (Å²) in [6, 6.07) is 7.66. The molecule has 1 aromatic carbocycles. The molecule has 0 aliphatic rings. The molecule has 0 atom stereocenters. The van der Waals surface area contributed by atoms with Gasteiger partial charge < -0.3 is 0 Å². The van der Waals surface area contributed by atoms with Gasteiger partial charge in [0.05, 0.1) is 0 Å². The van der Waals surface area contributed by atoms with Crippen LogP contribution < -0.4 is 4.46 Å². The quantitative estimate of drug-likeness (QED) is 0.743. The van der Waals surface area contributed by atoms with E-state index >= 15 is 0 Å². The third kappa shape index (κ3) is 3.98. The van der Waals surface area contributed by atoms with Crippen LogP contribution in [-0.2, 0) is 0 Å². The van der Waals surface area contributed by atoms with Gasteiger partial charge >= 0.3 is 102 Å². The normalized spacial score (nSPS) is 12.5. The molecule has 0 radical (unpaired) electrons. The van der Waals surface area contributed by atoms with E-state index in [1.807, 2.05) is 38.1 Å². The molecule has 0 saturated carbocycles. The maximum atomic E-state index is 13.4. The van der Waals surface area contributed by atoms with Crippen LogP contribution in [0.1, 0.15) is 26.7 Å². The van der Waals surface area contributed by atoms with Crippen LogP contribution in [0.2, 0.25) is 5.02 Å². The van der Waals surface area contributed by atoms with Gasteiger partial charge in [-0.15, -0.1) is 0 Å². The first-order chi connectivity index (χ1) is 7.17. The number of halogens is 2. The summed E-state index contributed by atoms with van der Waals surface area (Å²) < 4.78 is 15.6. The summed E-state index contributed by atoms with van der Waals surface area (Å²) in [5, 5.41) is 0.729. The Bertz CT molecular complexity index is 343. The molecule has 0 heterocycles. The molecule has 0 aromatic heterocycles. The molecule has 0 spiro atoms. The maximum absolute atomic E-state index is 13.4. The monoisotopic (exact) mass is 292 g/mol. The van der Waals surface area contributed by atoms with Gasteiger partial charge in [-0.2, -0.15) is 0 Å². The molecule has 1 rings (SSSR count). The summed E-state index contributed by atoms with van der Waals surface area (Å²) in [7, 11) is 0. The zero-order valence-electron chi connectivity index (χ0n) is 8.89. The summed E-state index contributed by atoms with van der Waals surface area (Å²) >= 11 is 5.89. The van der Waals surface area contributed by atoms with Crippen molar-refractivity contribution in [1.82, 2.24) is 0 Å². The van der Waals surface area contributed by atoms with E-state index in [1.54, 1.807) is 0 Å². The molecule has 3 heteroatoms. The van der Waals surface area contributed by atoms with E-state index in [9.17, 15) is 4.39 Å². The second-order valence-corrected chi connectivity index (χ2v) is 5.98. The van der Waals surface area contributed by atoms with Crippen LogP contribution in [0.5, 0.6) is 0 Å². The molecule has 0 aliphatic heterocycles. The van der Waals surface area contributed by atoms with E-state index in [0.29, 0.717) is 6.42 Å². The molecule has 0 amide bonds. The molecular weight excluding hydrogens is 278 g/mol. The number of benzene rings is 1. The Morgan fingerprint density at radius 1 is 1.20 bits per heavy atom. The second-order valence-electron chi connectivity index (χ2n) is 3.09. The third-order valence-corrected chi connectivity index (χ3v) is 4.89. The first kappa shape index (κ1) is 12.8. The SMILES string of the molecule is CC/C(F)=C(/CC)[Se]c1ccc(Cl)cc1. The zero-order chi connectivity index (χ0) is 11.3. The summed E-state index contributed by atoms with van der Waals surface area (Å²) in [6.45, 7) is 3.85. The molecule has 82 valence electrons. The molecule has 15 heavy (non-hydrogen) atoms. The molecule has 1 aromatic rings. The van der Waals surface area contributed by atoms with Crippen molar-refractivity contribution in [3.05, 3.63) is 39.6 Å². The van der Waals surface area contributed by atoms with Crippen LogP contribution in [0.25, 0.3) is 0 Å². The van der Waals surface area contributed by atoms with Crippen LogP contribution >= 0.6 is 11.6 Å². The minimum atomic E-state index is 0.0486. The number of rotatable bonds is 4.